The fraction of sp³-hybridized carbons (Fsp3) is 0.750. The van der Waals surface area contributed by atoms with Crippen molar-refractivity contribution in [1.29, 1.82) is 0 Å². The van der Waals surface area contributed by atoms with Crippen LogP contribution in [0.3, 0.4) is 0 Å². The molecule has 0 aliphatic heterocycles. The van der Waals surface area contributed by atoms with E-state index < -0.39 is 0 Å². The summed E-state index contributed by atoms with van der Waals surface area (Å²) >= 11 is 1.52. The molecule has 5 heteroatoms. The number of anilines is 1. The Morgan fingerprint density at radius 3 is 2.53 bits per heavy atom. The summed E-state index contributed by atoms with van der Waals surface area (Å²) in [5, 5.41) is 12.8. The molecule has 1 N–H and O–H groups in total. The molecule has 4 nitrogen and oxygen atoms in total. The van der Waals surface area contributed by atoms with Gasteiger partial charge in [-0.05, 0) is 12.8 Å². The fourth-order valence-electron chi connectivity index (χ4n) is 1.91. The molecule has 1 heterocycles. The van der Waals surface area contributed by atoms with Crippen LogP contribution in [0.2, 0.25) is 0 Å². The van der Waals surface area contributed by atoms with E-state index in [2.05, 4.69) is 15.5 Å². The molecule has 0 saturated heterocycles. The third-order valence-corrected chi connectivity index (χ3v) is 4.05. The summed E-state index contributed by atoms with van der Waals surface area (Å²) in [5.41, 5.74) is -0.390. The maximum Gasteiger partial charge on any atom is 0.231 e. The lowest BCUT2D eigenvalue weighted by Gasteiger charge is -2.15. The number of amides is 1. The van der Waals surface area contributed by atoms with Crippen LogP contribution in [0.25, 0.3) is 0 Å². The fourth-order valence-corrected chi connectivity index (χ4v) is 2.81. The molecule has 94 valence electrons. The minimum atomic E-state index is -0.390. The average Bonchev–Trinajstić information content (AvgIpc) is 2.83. The Labute approximate surface area is 106 Å². The van der Waals surface area contributed by atoms with Crippen LogP contribution < -0.4 is 5.32 Å². The van der Waals surface area contributed by atoms with E-state index in [4.69, 9.17) is 0 Å². The van der Waals surface area contributed by atoms with Gasteiger partial charge in [0, 0.05) is 11.3 Å². The van der Waals surface area contributed by atoms with Gasteiger partial charge in [-0.25, -0.2) is 0 Å². The summed E-state index contributed by atoms with van der Waals surface area (Å²) in [7, 11) is 0. The topological polar surface area (TPSA) is 54.9 Å². The van der Waals surface area contributed by atoms with Crippen LogP contribution >= 0.6 is 11.3 Å². The van der Waals surface area contributed by atoms with Crippen LogP contribution in [-0.4, -0.2) is 16.1 Å². The second kappa shape index (κ2) is 4.72. The first-order valence-corrected chi connectivity index (χ1v) is 6.93. The Bertz CT molecular complexity index is 402. The Morgan fingerprint density at radius 2 is 1.94 bits per heavy atom. The number of hydrogen-bond acceptors (Lipinski definition) is 4. The minimum Gasteiger partial charge on any atom is -0.300 e. The van der Waals surface area contributed by atoms with Gasteiger partial charge in [0.2, 0.25) is 11.0 Å². The van der Waals surface area contributed by atoms with Crippen molar-refractivity contribution in [3.8, 4) is 0 Å². The number of nitrogens with one attached hydrogen (secondary N) is 1. The Morgan fingerprint density at radius 1 is 1.29 bits per heavy atom. The van der Waals surface area contributed by atoms with E-state index in [1.54, 1.807) is 0 Å². The van der Waals surface area contributed by atoms with Crippen molar-refractivity contribution in [1.82, 2.24) is 10.2 Å². The molecule has 0 unspecified atom stereocenters. The third kappa shape index (κ3) is 3.03. The Kier molecular flexibility index (Phi) is 3.47. The number of carbonyl (C=O) groups excluding carboxylic acids is 1. The zero-order valence-electron chi connectivity index (χ0n) is 10.6. The Hall–Kier alpha value is -0.970. The molecule has 1 aliphatic carbocycles. The molecule has 2 rings (SSSR count). The molecule has 0 atom stereocenters. The van der Waals surface area contributed by atoms with Crippen molar-refractivity contribution in [3.63, 3.8) is 0 Å². The van der Waals surface area contributed by atoms with Crippen LogP contribution in [0.5, 0.6) is 0 Å². The molecule has 1 aromatic rings. The number of nitrogens with zero attached hydrogens (tertiary/aromatic N) is 2. The maximum absolute atomic E-state index is 11.8. The van der Waals surface area contributed by atoms with Gasteiger partial charge in [-0.1, -0.05) is 44.9 Å². The largest absolute Gasteiger partial charge is 0.300 e. The van der Waals surface area contributed by atoms with Gasteiger partial charge in [0.05, 0.1) is 0 Å². The molecule has 0 bridgehead atoms. The van der Waals surface area contributed by atoms with Gasteiger partial charge in [0.25, 0.3) is 0 Å². The maximum atomic E-state index is 11.8. The van der Waals surface area contributed by atoms with Crippen LogP contribution in [-0.2, 0) is 4.79 Å². The summed E-state index contributed by atoms with van der Waals surface area (Å²) < 4.78 is 0. The van der Waals surface area contributed by atoms with Gasteiger partial charge in [0.1, 0.15) is 5.01 Å². The van der Waals surface area contributed by atoms with Crippen LogP contribution in [0.4, 0.5) is 5.13 Å². The monoisotopic (exact) mass is 253 g/mol. The first-order valence-electron chi connectivity index (χ1n) is 6.11. The smallest absolute Gasteiger partial charge is 0.231 e. The van der Waals surface area contributed by atoms with Gasteiger partial charge < -0.3 is 5.32 Å². The Balaban J connectivity index is 2.01. The first-order chi connectivity index (χ1) is 7.97. The summed E-state index contributed by atoms with van der Waals surface area (Å²) in [6.07, 6.45) is 4.99. The lowest BCUT2D eigenvalue weighted by molar-refractivity contribution is -0.123. The van der Waals surface area contributed by atoms with Crippen molar-refractivity contribution < 1.29 is 4.79 Å². The molecule has 1 saturated carbocycles. The van der Waals surface area contributed by atoms with Gasteiger partial charge in [-0.15, -0.1) is 10.2 Å². The van der Waals surface area contributed by atoms with Crippen molar-refractivity contribution in [2.75, 3.05) is 5.32 Å². The molecule has 0 aromatic carbocycles. The standard InChI is InChI=1S/C12H19N3OS/c1-12(2,3)10(16)13-11-15-14-9(17-11)8-6-4-5-7-8/h8H,4-7H2,1-3H3,(H,13,15,16). The van der Waals surface area contributed by atoms with E-state index in [1.807, 2.05) is 20.8 Å². The molecule has 1 aliphatic rings. The zero-order chi connectivity index (χ0) is 12.5. The third-order valence-electron chi connectivity index (χ3n) is 3.05. The van der Waals surface area contributed by atoms with E-state index in [0.717, 1.165) is 5.01 Å². The number of rotatable bonds is 2. The zero-order valence-corrected chi connectivity index (χ0v) is 11.4. The molecular formula is C12H19N3OS. The van der Waals surface area contributed by atoms with Gasteiger partial charge >= 0.3 is 0 Å². The van der Waals surface area contributed by atoms with Gasteiger partial charge in [0.15, 0.2) is 0 Å². The first kappa shape index (κ1) is 12.5. The van der Waals surface area contributed by atoms with Crippen molar-refractivity contribution in [3.05, 3.63) is 5.01 Å². The molecule has 1 aromatic heterocycles. The van der Waals surface area contributed by atoms with Crippen molar-refractivity contribution in [2.24, 2.45) is 5.41 Å². The highest BCUT2D eigenvalue weighted by atomic mass is 32.1. The highest BCUT2D eigenvalue weighted by molar-refractivity contribution is 7.15. The average molecular weight is 253 g/mol. The summed E-state index contributed by atoms with van der Waals surface area (Å²) in [6.45, 7) is 5.67. The lowest BCUT2D eigenvalue weighted by atomic mass is 9.96. The number of hydrogen-bond donors (Lipinski definition) is 1. The van der Waals surface area contributed by atoms with Crippen LogP contribution in [0, 0.1) is 5.41 Å². The van der Waals surface area contributed by atoms with E-state index in [0.29, 0.717) is 11.0 Å². The van der Waals surface area contributed by atoms with Crippen molar-refractivity contribution >= 4 is 22.4 Å². The van der Waals surface area contributed by atoms with Crippen LogP contribution in [0.1, 0.15) is 57.4 Å². The van der Waals surface area contributed by atoms with E-state index in [9.17, 15) is 4.79 Å². The van der Waals surface area contributed by atoms with E-state index in [-0.39, 0.29) is 11.3 Å². The number of aromatic nitrogens is 2. The molecule has 0 radical (unpaired) electrons. The predicted molar refractivity (Wildman–Crippen MR) is 69.2 cm³/mol. The van der Waals surface area contributed by atoms with E-state index in [1.165, 1.54) is 37.0 Å². The summed E-state index contributed by atoms with van der Waals surface area (Å²) in [5.74, 6) is 0.555. The van der Waals surface area contributed by atoms with Gasteiger partial charge in [-0.2, -0.15) is 0 Å². The second-order valence-corrected chi connectivity index (χ2v) is 6.64. The quantitative estimate of drug-likeness (QED) is 0.880. The van der Waals surface area contributed by atoms with Crippen molar-refractivity contribution in [2.45, 2.75) is 52.4 Å². The molecule has 1 fully saturated rings. The normalized spacial score (nSPS) is 17.4. The van der Waals surface area contributed by atoms with E-state index >= 15 is 0 Å². The highest BCUT2D eigenvalue weighted by Crippen LogP contribution is 2.36. The second-order valence-electron chi connectivity index (χ2n) is 5.63. The highest BCUT2D eigenvalue weighted by Gasteiger charge is 2.24. The lowest BCUT2D eigenvalue weighted by Crippen LogP contribution is -2.27. The summed E-state index contributed by atoms with van der Waals surface area (Å²) in [4.78, 5) is 11.8. The molecule has 0 spiro atoms. The minimum absolute atomic E-state index is 0.00776. The molecule has 1 amide bonds. The molecular weight excluding hydrogens is 234 g/mol. The summed E-state index contributed by atoms with van der Waals surface area (Å²) in [6, 6.07) is 0. The predicted octanol–water partition coefficient (Wildman–Crippen LogP) is 3.18. The van der Waals surface area contributed by atoms with Gasteiger partial charge in [-0.3, -0.25) is 4.79 Å². The SMILES string of the molecule is CC(C)(C)C(=O)Nc1nnc(C2CCCC2)s1. The number of carbonyl (C=O) groups is 1. The van der Waals surface area contributed by atoms with Crippen LogP contribution in [0.15, 0.2) is 0 Å². The molecule has 17 heavy (non-hydrogen) atoms.